The molecule has 0 aromatic heterocycles. The third-order valence-electron chi connectivity index (χ3n) is 6.24. The van der Waals surface area contributed by atoms with Gasteiger partial charge < -0.3 is 19.9 Å². The Bertz CT molecular complexity index is 932. The number of hydrogen-bond donors (Lipinski definition) is 2. The van der Waals surface area contributed by atoms with Crippen molar-refractivity contribution < 1.29 is 19.4 Å². The summed E-state index contributed by atoms with van der Waals surface area (Å²) in [5, 5.41) is 12.4. The molecule has 0 radical (unpaired) electrons. The topological polar surface area (TPSA) is 67.8 Å². The van der Waals surface area contributed by atoms with E-state index >= 15 is 0 Å². The number of amides is 1. The van der Waals surface area contributed by atoms with Crippen molar-refractivity contribution in [3.8, 4) is 11.5 Å². The number of para-hydroxylation sites is 1. The smallest absolute Gasteiger partial charge is 0.231 e. The molecule has 0 saturated heterocycles. The molecular formula is C28H39NO4. The number of anilines is 1. The Morgan fingerprint density at radius 1 is 1.12 bits per heavy atom. The lowest BCUT2D eigenvalue weighted by Crippen LogP contribution is -2.21. The molecule has 5 nitrogen and oxygen atoms in total. The predicted octanol–water partition coefficient (Wildman–Crippen LogP) is 6.33. The first kappa shape index (κ1) is 25.1. The van der Waals surface area contributed by atoms with Crippen LogP contribution in [0.3, 0.4) is 0 Å². The average Bonchev–Trinajstić information content (AvgIpc) is 3.25. The van der Waals surface area contributed by atoms with Gasteiger partial charge in [0, 0.05) is 24.3 Å². The molecule has 2 N–H and O–H groups in total. The highest BCUT2D eigenvalue weighted by Gasteiger charge is 2.26. The summed E-state index contributed by atoms with van der Waals surface area (Å²) in [5.41, 5.74) is 4.07. The first-order chi connectivity index (χ1) is 15.8. The number of carbonyl (C=O) groups excluding carboxylic acids is 1. The van der Waals surface area contributed by atoms with Gasteiger partial charge in [0.2, 0.25) is 12.7 Å². The largest absolute Gasteiger partial charge is 0.454 e. The van der Waals surface area contributed by atoms with Crippen LogP contribution in [-0.2, 0) is 16.6 Å². The Labute approximate surface area is 198 Å². The van der Waals surface area contributed by atoms with Crippen LogP contribution in [0.2, 0.25) is 0 Å². The van der Waals surface area contributed by atoms with Crippen LogP contribution in [0.4, 0.5) is 5.69 Å². The Morgan fingerprint density at radius 3 is 2.67 bits per heavy atom. The summed E-state index contributed by atoms with van der Waals surface area (Å²) in [6, 6.07) is 12.2. The minimum atomic E-state index is -0.0932. The van der Waals surface area contributed by atoms with E-state index in [1.54, 1.807) is 0 Å². The van der Waals surface area contributed by atoms with Crippen molar-refractivity contribution in [2.24, 2.45) is 0 Å². The minimum Gasteiger partial charge on any atom is -0.454 e. The maximum Gasteiger partial charge on any atom is 0.231 e. The van der Waals surface area contributed by atoms with Crippen LogP contribution in [0.5, 0.6) is 11.5 Å². The highest BCUT2D eigenvalue weighted by atomic mass is 16.7. The van der Waals surface area contributed by atoms with Crippen molar-refractivity contribution in [1.82, 2.24) is 0 Å². The Hall–Kier alpha value is -2.53. The molecule has 2 aromatic carbocycles. The summed E-state index contributed by atoms with van der Waals surface area (Å²) in [5.74, 6) is 1.63. The van der Waals surface area contributed by atoms with Gasteiger partial charge in [0.25, 0.3) is 0 Å². The summed E-state index contributed by atoms with van der Waals surface area (Å²) in [4.78, 5) is 13.3. The van der Waals surface area contributed by atoms with Gasteiger partial charge in [-0.2, -0.15) is 0 Å². The number of fused-ring (bicyclic) bond motifs is 1. The molecule has 0 aliphatic carbocycles. The minimum absolute atomic E-state index is 0.0119. The zero-order chi connectivity index (χ0) is 23.8. The van der Waals surface area contributed by atoms with E-state index in [9.17, 15) is 9.90 Å². The standard InChI is InChI=1S/C28H39NO4/c1-5-6-7-11-21(22-12-8-13-25-27(22)33-19-32-25)18-26(31)29-24-17-20(10-9-16-30)14-15-23(24)28(2,3)4/h8,12-15,17,21,30H,5-7,9-11,16,18-19H2,1-4H3,(H,29,31). The number of carbonyl (C=O) groups is 1. The van der Waals surface area contributed by atoms with E-state index in [0.29, 0.717) is 12.8 Å². The van der Waals surface area contributed by atoms with Gasteiger partial charge in [0.1, 0.15) is 0 Å². The molecular weight excluding hydrogens is 414 g/mol. The van der Waals surface area contributed by atoms with Crippen molar-refractivity contribution in [3.05, 3.63) is 53.1 Å². The Balaban J connectivity index is 1.82. The molecule has 0 fully saturated rings. The maximum atomic E-state index is 13.3. The molecule has 1 aliphatic heterocycles. The lowest BCUT2D eigenvalue weighted by molar-refractivity contribution is -0.116. The molecule has 0 spiro atoms. The third kappa shape index (κ3) is 6.73. The van der Waals surface area contributed by atoms with E-state index in [1.165, 1.54) is 0 Å². The molecule has 1 heterocycles. The summed E-state index contributed by atoms with van der Waals surface area (Å²) in [7, 11) is 0. The predicted molar refractivity (Wildman–Crippen MR) is 133 cm³/mol. The zero-order valence-electron chi connectivity index (χ0n) is 20.6. The van der Waals surface area contributed by atoms with Gasteiger partial charge in [0.15, 0.2) is 11.5 Å². The molecule has 0 saturated carbocycles. The van der Waals surface area contributed by atoms with Crippen molar-refractivity contribution in [2.45, 2.75) is 84.0 Å². The van der Waals surface area contributed by atoms with Gasteiger partial charge >= 0.3 is 0 Å². The second-order valence-corrected chi connectivity index (χ2v) is 9.98. The van der Waals surface area contributed by atoms with Crippen LogP contribution in [0.1, 0.15) is 88.8 Å². The zero-order valence-corrected chi connectivity index (χ0v) is 20.6. The van der Waals surface area contributed by atoms with Crippen molar-refractivity contribution in [3.63, 3.8) is 0 Å². The number of hydrogen-bond acceptors (Lipinski definition) is 4. The van der Waals surface area contributed by atoms with Gasteiger partial charge in [0.05, 0.1) is 0 Å². The van der Waals surface area contributed by atoms with E-state index in [0.717, 1.165) is 66.0 Å². The highest BCUT2D eigenvalue weighted by Crippen LogP contribution is 2.42. The van der Waals surface area contributed by atoms with Crippen molar-refractivity contribution in [2.75, 3.05) is 18.7 Å². The first-order valence-electron chi connectivity index (χ1n) is 12.3. The van der Waals surface area contributed by atoms with E-state index in [-0.39, 0.29) is 30.6 Å². The van der Waals surface area contributed by atoms with Gasteiger partial charge in [-0.1, -0.05) is 71.2 Å². The maximum absolute atomic E-state index is 13.3. The SMILES string of the molecule is CCCCCC(CC(=O)Nc1cc(CCCO)ccc1C(C)(C)C)c1cccc2c1OCO2. The normalized spacial score (nSPS) is 13.7. The molecule has 2 aromatic rings. The summed E-state index contributed by atoms with van der Waals surface area (Å²) < 4.78 is 11.3. The van der Waals surface area contributed by atoms with Crippen LogP contribution in [0.25, 0.3) is 0 Å². The molecule has 3 rings (SSSR count). The number of unbranched alkanes of at least 4 members (excludes halogenated alkanes) is 2. The molecule has 0 bridgehead atoms. The first-order valence-corrected chi connectivity index (χ1v) is 12.3. The Morgan fingerprint density at radius 2 is 1.94 bits per heavy atom. The van der Waals surface area contributed by atoms with Crippen LogP contribution in [-0.4, -0.2) is 24.4 Å². The number of aliphatic hydroxyl groups is 1. The highest BCUT2D eigenvalue weighted by molar-refractivity contribution is 5.92. The van der Waals surface area contributed by atoms with Crippen molar-refractivity contribution >= 4 is 11.6 Å². The third-order valence-corrected chi connectivity index (χ3v) is 6.24. The van der Waals surface area contributed by atoms with E-state index < -0.39 is 0 Å². The number of aliphatic hydroxyl groups excluding tert-OH is 1. The molecule has 180 valence electrons. The quantitative estimate of drug-likeness (QED) is 0.390. The lowest BCUT2D eigenvalue weighted by atomic mass is 9.84. The van der Waals surface area contributed by atoms with E-state index in [1.807, 2.05) is 12.1 Å². The fraction of sp³-hybridized carbons (Fsp3) is 0.536. The summed E-state index contributed by atoms with van der Waals surface area (Å²) >= 11 is 0. The Kier molecular flexibility index (Phi) is 8.79. The number of benzene rings is 2. The molecule has 1 amide bonds. The summed E-state index contributed by atoms with van der Waals surface area (Å²) in [6.45, 7) is 9.05. The van der Waals surface area contributed by atoms with Crippen LogP contribution >= 0.6 is 0 Å². The molecule has 1 aliphatic rings. The lowest BCUT2D eigenvalue weighted by Gasteiger charge is -2.25. The fourth-order valence-corrected chi connectivity index (χ4v) is 4.50. The number of ether oxygens (including phenoxy) is 2. The summed E-state index contributed by atoms with van der Waals surface area (Å²) in [6.07, 6.45) is 6.19. The number of rotatable bonds is 11. The van der Waals surface area contributed by atoms with Gasteiger partial charge in [-0.25, -0.2) is 0 Å². The second-order valence-electron chi connectivity index (χ2n) is 9.98. The number of aryl methyl sites for hydroxylation is 1. The van der Waals surface area contributed by atoms with Crippen LogP contribution in [0, 0.1) is 0 Å². The van der Waals surface area contributed by atoms with E-state index in [4.69, 9.17) is 9.47 Å². The molecule has 1 atom stereocenters. The average molecular weight is 454 g/mol. The monoisotopic (exact) mass is 453 g/mol. The van der Waals surface area contributed by atoms with Gasteiger partial charge in [-0.15, -0.1) is 0 Å². The molecule has 33 heavy (non-hydrogen) atoms. The molecule has 1 unspecified atom stereocenters. The number of nitrogens with one attached hydrogen (secondary N) is 1. The molecule has 5 heteroatoms. The van der Waals surface area contributed by atoms with Gasteiger partial charge in [-0.3, -0.25) is 4.79 Å². The van der Waals surface area contributed by atoms with Crippen molar-refractivity contribution in [1.29, 1.82) is 0 Å². The van der Waals surface area contributed by atoms with Gasteiger partial charge in [-0.05, 0) is 53.9 Å². The second kappa shape index (κ2) is 11.6. The van der Waals surface area contributed by atoms with Crippen LogP contribution < -0.4 is 14.8 Å². The fourth-order valence-electron chi connectivity index (χ4n) is 4.50. The van der Waals surface area contributed by atoms with Crippen LogP contribution in [0.15, 0.2) is 36.4 Å². The van der Waals surface area contributed by atoms with E-state index in [2.05, 4.69) is 57.3 Å².